The van der Waals surface area contributed by atoms with Gasteiger partial charge in [0.15, 0.2) is 0 Å². The van der Waals surface area contributed by atoms with Crippen LogP contribution in [0.4, 0.5) is 11.6 Å². The first-order valence-electron chi connectivity index (χ1n) is 7.24. The van der Waals surface area contributed by atoms with Crippen LogP contribution in [0.3, 0.4) is 0 Å². The summed E-state index contributed by atoms with van der Waals surface area (Å²) in [5.74, 6) is 9.53. The molecule has 7 heteroatoms. The number of aromatic nitrogens is 4. The second kappa shape index (κ2) is 5.69. The predicted molar refractivity (Wildman–Crippen MR) is 82.0 cm³/mol. The van der Waals surface area contributed by atoms with Crippen molar-refractivity contribution in [3.8, 4) is 0 Å². The number of nitrogen functional groups attached to an aromatic ring is 1. The zero-order chi connectivity index (χ0) is 14.8. The summed E-state index contributed by atoms with van der Waals surface area (Å²) in [5, 5.41) is 3.38. The summed E-state index contributed by atoms with van der Waals surface area (Å²) in [7, 11) is 2.00. The van der Waals surface area contributed by atoms with E-state index in [2.05, 4.69) is 25.7 Å². The van der Waals surface area contributed by atoms with E-state index < -0.39 is 0 Å². The number of rotatable bonds is 6. The molecule has 4 N–H and O–H groups in total. The van der Waals surface area contributed by atoms with Crippen molar-refractivity contribution in [1.82, 2.24) is 19.5 Å². The molecule has 1 aliphatic carbocycles. The van der Waals surface area contributed by atoms with Crippen LogP contribution in [0.1, 0.15) is 36.0 Å². The topological polar surface area (TPSA) is 93.7 Å². The Morgan fingerprint density at radius 1 is 1.33 bits per heavy atom. The van der Waals surface area contributed by atoms with Crippen molar-refractivity contribution in [2.75, 3.05) is 17.3 Å². The standard InChI is InChI=1S/C14H21N7/c1-9-12(17-6-5-11-16-7-8-21(11)2)18-14(10-3-4-10)19-13(9)20-15/h7-8,10H,3-6,15H2,1-2H3,(H2,17,18,19,20). The smallest absolute Gasteiger partial charge is 0.148 e. The molecule has 0 aromatic carbocycles. The number of imidazole rings is 1. The molecule has 2 heterocycles. The minimum absolute atomic E-state index is 0.493. The van der Waals surface area contributed by atoms with E-state index in [9.17, 15) is 0 Å². The van der Waals surface area contributed by atoms with Gasteiger partial charge in [0.1, 0.15) is 23.3 Å². The molecule has 1 saturated carbocycles. The van der Waals surface area contributed by atoms with Crippen LogP contribution in [-0.4, -0.2) is 26.1 Å². The molecule has 0 spiro atoms. The third-order valence-electron chi connectivity index (χ3n) is 3.80. The van der Waals surface area contributed by atoms with Crippen LogP contribution in [-0.2, 0) is 13.5 Å². The molecule has 0 atom stereocenters. The molecular formula is C14H21N7. The van der Waals surface area contributed by atoms with Gasteiger partial charge in [0, 0.05) is 43.9 Å². The first-order valence-corrected chi connectivity index (χ1v) is 7.24. The number of hydrogen-bond acceptors (Lipinski definition) is 6. The summed E-state index contributed by atoms with van der Waals surface area (Å²) in [6.45, 7) is 2.74. The van der Waals surface area contributed by atoms with Crippen LogP contribution >= 0.6 is 0 Å². The van der Waals surface area contributed by atoms with Crippen LogP contribution in [0.2, 0.25) is 0 Å². The van der Waals surface area contributed by atoms with E-state index in [0.717, 1.165) is 36.0 Å². The van der Waals surface area contributed by atoms with Gasteiger partial charge in [0.2, 0.25) is 0 Å². The number of anilines is 2. The Bertz CT molecular complexity index is 630. The molecule has 0 aliphatic heterocycles. The zero-order valence-electron chi connectivity index (χ0n) is 12.4. The number of nitrogens with two attached hydrogens (primary N) is 1. The molecule has 2 aromatic rings. The second-order valence-corrected chi connectivity index (χ2v) is 5.45. The maximum atomic E-state index is 5.55. The van der Waals surface area contributed by atoms with Crippen molar-refractivity contribution in [2.24, 2.45) is 12.9 Å². The molecule has 7 nitrogen and oxygen atoms in total. The highest BCUT2D eigenvalue weighted by molar-refractivity contribution is 5.57. The Labute approximate surface area is 124 Å². The van der Waals surface area contributed by atoms with E-state index in [0.29, 0.717) is 11.7 Å². The highest BCUT2D eigenvalue weighted by Crippen LogP contribution is 2.39. The molecule has 1 aliphatic rings. The molecule has 0 bridgehead atoms. The van der Waals surface area contributed by atoms with Gasteiger partial charge in [-0.05, 0) is 19.8 Å². The van der Waals surface area contributed by atoms with Crippen LogP contribution in [0, 0.1) is 6.92 Å². The van der Waals surface area contributed by atoms with Crippen molar-refractivity contribution < 1.29 is 0 Å². The minimum Gasteiger partial charge on any atom is -0.369 e. The lowest BCUT2D eigenvalue weighted by molar-refractivity contribution is 0.786. The number of nitrogens with one attached hydrogen (secondary N) is 2. The Kier molecular flexibility index (Phi) is 3.74. The largest absolute Gasteiger partial charge is 0.369 e. The molecule has 0 saturated heterocycles. The molecule has 21 heavy (non-hydrogen) atoms. The molecule has 0 amide bonds. The van der Waals surface area contributed by atoms with Crippen LogP contribution < -0.4 is 16.6 Å². The van der Waals surface area contributed by atoms with E-state index in [4.69, 9.17) is 5.84 Å². The van der Waals surface area contributed by atoms with E-state index >= 15 is 0 Å². The third kappa shape index (κ3) is 2.97. The molecule has 112 valence electrons. The maximum Gasteiger partial charge on any atom is 0.148 e. The summed E-state index contributed by atoms with van der Waals surface area (Å²) in [4.78, 5) is 13.4. The van der Waals surface area contributed by atoms with Gasteiger partial charge in [0.05, 0.1) is 0 Å². The fourth-order valence-electron chi connectivity index (χ4n) is 2.30. The molecule has 0 radical (unpaired) electrons. The van der Waals surface area contributed by atoms with E-state index in [1.54, 1.807) is 0 Å². The van der Waals surface area contributed by atoms with Gasteiger partial charge in [-0.25, -0.2) is 20.8 Å². The van der Waals surface area contributed by atoms with E-state index in [1.807, 2.05) is 30.9 Å². The normalized spacial score (nSPS) is 14.2. The van der Waals surface area contributed by atoms with E-state index in [1.165, 1.54) is 12.8 Å². The van der Waals surface area contributed by atoms with Crippen molar-refractivity contribution in [3.63, 3.8) is 0 Å². The van der Waals surface area contributed by atoms with Gasteiger partial charge in [-0.15, -0.1) is 0 Å². The van der Waals surface area contributed by atoms with Gasteiger partial charge in [-0.1, -0.05) is 0 Å². The number of nitrogens with zero attached hydrogens (tertiary/aromatic N) is 4. The number of hydrogen-bond donors (Lipinski definition) is 3. The van der Waals surface area contributed by atoms with Crippen LogP contribution in [0.25, 0.3) is 0 Å². The van der Waals surface area contributed by atoms with Gasteiger partial charge in [-0.3, -0.25) is 0 Å². The fraction of sp³-hybridized carbons (Fsp3) is 0.500. The lowest BCUT2D eigenvalue weighted by Gasteiger charge is -2.13. The quantitative estimate of drug-likeness (QED) is 0.548. The second-order valence-electron chi connectivity index (χ2n) is 5.45. The lowest BCUT2D eigenvalue weighted by atomic mass is 10.2. The van der Waals surface area contributed by atoms with Crippen molar-refractivity contribution in [1.29, 1.82) is 0 Å². The van der Waals surface area contributed by atoms with Gasteiger partial charge in [0.25, 0.3) is 0 Å². The van der Waals surface area contributed by atoms with Gasteiger partial charge < -0.3 is 15.3 Å². The fourth-order valence-corrected chi connectivity index (χ4v) is 2.30. The third-order valence-corrected chi connectivity index (χ3v) is 3.80. The first kappa shape index (κ1) is 13.8. The van der Waals surface area contributed by atoms with Crippen LogP contribution in [0.5, 0.6) is 0 Å². The van der Waals surface area contributed by atoms with Crippen LogP contribution in [0.15, 0.2) is 12.4 Å². The van der Waals surface area contributed by atoms with Crippen molar-refractivity contribution in [2.45, 2.75) is 32.1 Å². The Morgan fingerprint density at radius 2 is 2.10 bits per heavy atom. The highest BCUT2D eigenvalue weighted by Gasteiger charge is 2.28. The number of hydrazine groups is 1. The number of aryl methyl sites for hydroxylation is 1. The van der Waals surface area contributed by atoms with Crippen molar-refractivity contribution >= 4 is 11.6 Å². The van der Waals surface area contributed by atoms with Crippen molar-refractivity contribution in [3.05, 3.63) is 29.6 Å². The molecule has 1 fully saturated rings. The summed E-state index contributed by atoms with van der Waals surface area (Å²) in [6.07, 6.45) is 6.94. The monoisotopic (exact) mass is 287 g/mol. The minimum atomic E-state index is 0.493. The average molecular weight is 287 g/mol. The highest BCUT2D eigenvalue weighted by atomic mass is 15.3. The Balaban J connectivity index is 1.71. The average Bonchev–Trinajstić information content (AvgIpc) is 3.25. The Hall–Kier alpha value is -2.15. The van der Waals surface area contributed by atoms with E-state index in [-0.39, 0.29) is 0 Å². The lowest BCUT2D eigenvalue weighted by Crippen LogP contribution is -2.16. The molecule has 2 aromatic heterocycles. The first-order chi connectivity index (χ1) is 10.2. The summed E-state index contributed by atoms with van der Waals surface area (Å²) >= 11 is 0. The molecular weight excluding hydrogens is 266 g/mol. The van der Waals surface area contributed by atoms with Gasteiger partial charge >= 0.3 is 0 Å². The molecule has 0 unspecified atom stereocenters. The predicted octanol–water partition coefficient (Wildman–Crippen LogP) is 1.34. The van der Waals surface area contributed by atoms with Gasteiger partial charge in [-0.2, -0.15) is 0 Å². The summed E-state index contributed by atoms with van der Waals surface area (Å²) in [5.41, 5.74) is 3.61. The zero-order valence-corrected chi connectivity index (χ0v) is 12.4. The summed E-state index contributed by atoms with van der Waals surface area (Å²) in [6, 6.07) is 0. The summed E-state index contributed by atoms with van der Waals surface area (Å²) < 4.78 is 2.02. The SMILES string of the molecule is Cc1c(NN)nc(C2CC2)nc1NCCc1nccn1C. The Morgan fingerprint density at radius 3 is 2.71 bits per heavy atom. The maximum absolute atomic E-state index is 5.55. The molecule has 3 rings (SSSR count).